The van der Waals surface area contributed by atoms with E-state index in [1.54, 1.807) is 17.0 Å². The van der Waals surface area contributed by atoms with Gasteiger partial charge in [0.15, 0.2) is 11.5 Å². The molecule has 0 saturated heterocycles. The predicted molar refractivity (Wildman–Crippen MR) is 155 cm³/mol. The number of carbonyl (C=O) groups is 2. The van der Waals surface area contributed by atoms with Gasteiger partial charge in [0.1, 0.15) is 19.3 Å². The molecular formula is C31H34Cl2N2O4. The molecule has 0 saturated carbocycles. The molecule has 0 fully saturated rings. The van der Waals surface area contributed by atoms with E-state index in [4.69, 9.17) is 32.7 Å². The lowest BCUT2D eigenvalue weighted by molar-refractivity contribution is -0.141. The molecule has 1 aliphatic heterocycles. The normalized spacial score (nSPS) is 13.5. The van der Waals surface area contributed by atoms with Crippen LogP contribution in [0.3, 0.4) is 0 Å². The number of hydrogen-bond donors (Lipinski definition) is 1. The number of aryl methyl sites for hydroxylation is 1. The molecule has 1 N–H and O–H groups in total. The Morgan fingerprint density at radius 2 is 1.56 bits per heavy atom. The number of rotatable bonds is 9. The average Bonchev–Trinajstić information content (AvgIpc) is 2.90. The zero-order valence-corrected chi connectivity index (χ0v) is 24.0. The number of carbonyl (C=O) groups excluding carboxylic acids is 2. The van der Waals surface area contributed by atoms with Gasteiger partial charge in [-0.1, -0.05) is 65.7 Å². The van der Waals surface area contributed by atoms with E-state index in [1.807, 2.05) is 75.4 Å². The Hall–Kier alpha value is -3.22. The fourth-order valence-corrected chi connectivity index (χ4v) is 4.80. The molecule has 0 aliphatic carbocycles. The third kappa shape index (κ3) is 8.13. The summed E-state index contributed by atoms with van der Waals surface area (Å²) < 4.78 is 11.3. The average molecular weight is 570 g/mol. The minimum absolute atomic E-state index is 0.138. The van der Waals surface area contributed by atoms with Gasteiger partial charge in [-0.05, 0) is 68.1 Å². The summed E-state index contributed by atoms with van der Waals surface area (Å²) in [6.07, 6.45) is 1.08. The molecule has 4 rings (SSSR count). The molecule has 3 aromatic carbocycles. The molecule has 0 aromatic heterocycles. The van der Waals surface area contributed by atoms with Crippen molar-refractivity contribution in [3.8, 4) is 11.5 Å². The molecule has 1 unspecified atom stereocenters. The van der Waals surface area contributed by atoms with E-state index in [0.717, 1.165) is 16.7 Å². The molecule has 206 valence electrons. The van der Waals surface area contributed by atoms with Gasteiger partial charge in [0, 0.05) is 24.9 Å². The molecule has 6 nitrogen and oxygen atoms in total. The SMILES string of the molecule is CC(C)(C)NC(=O)C(Cc1ccccc1)N(Cc1ccc(Cl)c(Cl)c1)C(=O)CCc1ccc2c(c1)OCCO2. The topological polar surface area (TPSA) is 67.9 Å². The third-order valence-corrected chi connectivity index (χ3v) is 7.08. The quantitative estimate of drug-likeness (QED) is 0.331. The van der Waals surface area contributed by atoms with Crippen LogP contribution in [0.1, 0.15) is 43.9 Å². The van der Waals surface area contributed by atoms with Crippen molar-refractivity contribution in [1.29, 1.82) is 0 Å². The molecule has 39 heavy (non-hydrogen) atoms. The Balaban J connectivity index is 1.62. The number of nitrogens with zero attached hydrogens (tertiary/aromatic N) is 1. The Morgan fingerprint density at radius 1 is 0.872 bits per heavy atom. The van der Waals surface area contributed by atoms with Crippen LogP contribution in [0, 0.1) is 0 Å². The van der Waals surface area contributed by atoms with Crippen molar-refractivity contribution in [2.75, 3.05) is 13.2 Å². The number of fused-ring (bicyclic) bond motifs is 1. The minimum atomic E-state index is -0.728. The highest BCUT2D eigenvalue weighted by atomic mass is 35.5. The summed E-state index contributed by atoms with van der Waals surface area (Å²) in [4.78, 5) is 29.2. The third-order valence-electron chi connectivity index (χ3n) is 6.34. The van der Waals surface area contributed by atoms with Gasteiger partial charge in [0.2, 0.25) is 11.8 Å². The van der Waals surface area contributed by atoms with Crippen LogP contribution in [0.2, 0.25) is 10.0 Å². The monoisotopic (exact) mass is 568 g/mol. The minimum Gasteiger partial charge on any atom is -0.486 e. The lowest BCUT2D eigenvalue weighted by atomic mass is 9.99. The molecule has 0 bridgehead atoms. The fourth-order valence-electron chi connectivity index (χ4n) is 4.48. The van der Waals surface area contributed by atoms with E-state index in [0.29, 0.717) is 47.6 Å². The van der Waals surface area contributed by atoms with Crippen molar-refractivity contribution in [3.05, 3.63) is 93.5 Å². The summed E-state index contributed by atoms with van der Waals surface area (Å²) >= 11 is 12.4. The maximum atomic E-state index is 13.9. The first kappa shape index (κ1) is 28.8. The van der Waals surface area contributed by atoms with Crippen LogP contribution in [0.25, 0.3) is 0 Å². The van der Waals surface area contributed by atoms with E-state index in [1.165, 1.54) is 0 Å². The van der Waals surface area contributed by atoms with Gasteiger partial charge in [0.05, 0.1) is 10.0 Å². The van der Waals surface area contributed by atoms with E-state index in [-0.39, 0.29) is 24.8 Å². The van der Waals surface area contributed by atoms with E-state index >= 15 is 0 Å². The van der Waals surface area contributed by atoms with Crippen molar-refractivity contribution < 1.29 is 19.1 Å². The van der Waals surface area contributed by atoms with Crippen molar-refractivity contribution in [2.45, 2.75) is 58.2 Å². The van der Waals surface area contributed by atoms with Gasteiger partial charge in [-0.25, -0.2) is 0 Å². The van der Waals surface area contributed by atoms with Gasteiger partial charge in [0.25, 0.3) is 0 Å². The number of halogens is 2. The van der Waals surface area contributed by atoms with E-state index < -0.39 is 11.6 Å². The highest BCUT2D eigenvalue weighted by molar-refractivity contribution is 6.42. The second-order valence-corrected chi connectivity index (χ2v) is 11.5. The fraction of sp³-hybridized carbons (Fsp3) is 0.355. The number of ether oxygens (including phenoxy) is 2. The van der Waals surface area contributed by atoms with Crippen LogP contribution in [0.4, 0.5) is 0 Å². The van der Waals surface area contributed by atoms with Crippen LogP contribution in [-0.2, 0) is 29.0 Å². The van der Waals surface area contributed by atoms with Gasteiger partial charge < -0.3 is 19.7 Å². The Kier molecular flexibility index (Phi) is 9.41. The van der Waals surface area contributed by atoms with Crippen LogP contribution >= 0.6 is 23.2 Å². The molecule has 0 radical (unpaired) electrons. The van der Waals surface area contributed by atoms with Gasteiger partial charge in [-0.15, -0.1) is 0 Å². The van der Waals surface area contributed by atoms with Crippen molar-refractivity contribution in [2.24, 2.45) is 0 Å². The summed E-state index contributed by atoms with van der Waals surface area (Å²) in [6, 6.07) is 20.0. The maximum Gasteiger partial charge on any atom is 0.243 e. The first-order valence-electron chi connectivity index (χ1n) is 13.1. The summed E-state index contributed by atoms with van der Waals surface area (Å²) in [5, 5.41) is 3.91. The Morgan fingerprint density at radius 3 is 2.26 bits per heavy atom. The van der Waals surface area contributed by atoms with Crippen molar-refractivity contribution in [3.63, 3.8) is 0 Å². The largest absolute Gasteiger partial charge is 0.486 e. The van der Waals surface area contributed by atoms with Crippen LogP contribution in [0.15, 0.2) is 66.7 Å². The first-order valence-corrected chi connectivity index (χ1v) is 13.8. The van der Waals surface area contributed by atoms with Crippen LogP contribution < -0.4 is 14.8 Å². The molecule has 2 amide bonds. The Bertz CT molecular complexity index is 1310. The Labute approximate surface area is 240 Å². The summed E-state index contributed by atoms with van der Waals surface area (Å²) in [7, 11) is 0. The van der Waals surface area contributed by atoms with Crippen molar-refractivity contribution >= 4 is 35.0 Å². The maximum absolute atomic E-state index is 13.9. The number of nitrogens with one attached hydrogen (secondary N) is 1. The zero-order valence-electron chi connectivity index (χ0n) is 22.5. The molecular weight excluding hydrogens is 535 g/mol. The van der Waals surface area contributed by atoms with Crippen molar-refractivity contribution in [1.82, 2.24) is 10.2 Å². The highest BCUT2D eigenvalue weighted by Gasteiger charge is 2.32. The second-order valence-electron chi connectivity index (χ2n) is 10.7. The molecule has 3 aromatic rings. The summed E-state index contributed by atoms with van der Waals surface area (Å²) in [5.41, 5.74) is 2.25. The lowest BCUT2D eigenvalue weighted by Gasteiger charge is -2.34. The lowest BCUT2D eigenvalue weighted by Crippen LogP contribution is -2.54. The van der Waals surface area contributed by atoms with Gasteiger partial charge in [-0.3, -0.25) is 9.59 Å². The first-order chi connectivity index (χ1) is 18.6. The standard InChI is InChI=1S/C31H34Cl2N2O4/c1-31(2,3)34-30(37)26(18-21-7-5-4-6-8-21)35(20-23-9-12-24(32)25(33)17-23)29(36)14-11-22-10-13-27-28(19-22)39-16-15-38-27/h4-10,12-13,17,19,26H,11,14-16,18,20H2,1-3H3,(H,34,37). The van der Waals surface area contributed by atoms with E-state index in [9.17, 15) is 9.59 Å². The van der Waals surface area contributed by atoms with Crippen LogP contribution in [-0.4, -0.2) is 41.5 Å². The molecule has 1 atom stereocenters. The second kappa shape index (κ2) is 12.8. The molecule has 1 aliphatic rings. The van der Waals surface area contributed by atoms with Crippen LogP contribution in [0.5, 0.6) is 11.5 Å². The predicted octanol–water partition coefficient (Wildman–Crippen LogP) is 6.25. The smallest absolute Gasteiger partial charge is 0.243 e. The number of amides is 2. The molecule has 8 heteroatoms. The van der Waals surface area contributed by atoms with Gasteiger partial charge >= 0.3 is 0 Å². The molecule has 0 spiro atoms. The number of benzene rings is 3. The zero-order chi connectivity index (χ0) is 28.0. The summed E-state index contributed by atoms with van der Waals surface area (Å²) in [5.74, 6) is 1.05. The number of hydrogen-bond acceptors (Lipinski definition) is 4. The van der Waals surface area contributed by atoms with Gasteiger partial charge in [-0.2, -0.15) is 0 Å². The highest BCUT2D eigenvalue weighted by Crippen LogP contribution is 2.31. The molecule has 1 heterocycles. The van der Waals surface area contributed by atoms with E-state index in [2.05, 4.69) is 5.32 Å². The summed E-state index contributed by atoms with van der Waals surface area (Å²) in [6.45, 7) is 7.02.